The zero-order valence-electron chi connectivity index (χ0n) is 13.4. The van der Waals surface area contributed by atoms with Gasteiger partial charge >= 0.3 is 5.97 Å². The Bertz CT molecular complexity index is 345. The largest absolute Gasteiger partial charge is 0.426 e. The number of hydrogen-bond acceptors (Lipinski definition) is 3. The van der Waals surface area contributed by atoms with E-state index < -0.39 is 5.41 Å². The molecule has 0 rings (SSSR count). The molecule has 0 spiro atoms. The molecule has 0 unspecified atom stereocenters. The zero-order chi connectivity index (χ0) is 15.1. The molecule has 0 aliphatic rings. The first kappa shape index (κ1) is 17.9. The van der Waals surface area contributed by atoms with E-state index in [1.807, 2.05) is 54.5 Å². The normalized spacial score (nSPS) is 12.5. The molecule has 0 aromatic carbocycles. The summed E-state index contributed by atoms with van der Waals surface area (Å²) in [6.07, 6.45) is 4.49. The monoisotopic (exact) mass is 268 g/mol. The molecule has 110 valence electrons. The highest BCUT2D eigenvalue weighted by Crippen LogP contribution is 2.24. The number of ether oxygens (including phenoxy) is 2. The lowest BCUT2D eigenvalue weighted by molar-refractivity contribution is -0.150. The van der Waals surface area contributed by atoms with Crippen LogP contribution in [0.4, 0.5) is 0 Å². The Kier molecular flexibility index (Phi) is 7.69. The molecule has 3 nitrogen and oxygen atoms in total. The lowest BCUT2D eigenvalue weighted by Gasteiger charge is -2.23. The van der Waals surface area contributed by atoms with Crippen molar-refractivity contribution in [3.05, 3.63) is 23.5 Å². The zero-order valence-corrected chi connectivity index (χ0v) is 13.4. The lowest BCUT2D eigenvalue weighted by atomic mass is 9.90. The Morgan fingerprint density at radius 1 is 1.26 bits per heavy atom. The van der Waals surface area contributed by atoms with Gasteiger partial charge in [0.15, 0.2) is 0 Å². The van der Waals surface area contributed by atoms with Gasteiger partial charge in [-0.1, -0.05) is 5.57 Å². The predicted molar refractivity (Wildman–Crippen MR) is 78.8 cm³/mol. The first-order valence-electron chi connectivity index (χ1n) is 6.84. The van der Waals surface area contributed by atoms with E-state index in [1.165, 1.54) is 0 Å². The predicted octanol–water partition coefficient (Wildman–Crippen LogP) is 4.24. The maximum absolute atomic E-state index is 12.1. The van der Waals surface area contributed by atoms with E-state index in [1.54, 1.807) is 6.08 Å². The molecule has 0 aromatic heterocycles. The lowest BCUT2D eigenvalue weighted by Crippen LogP contribution is -2.28. The Labute approximate surface area is 117 Å². The minimum atomic E-state index is -0.543. The molecule has 3 heteroatoms. The fraction of sp³-hybridized carbons (Fsp3) is 0.688. The number of rotatable bonds is 7. The van der Waals surface area contributed by atoms with Gasteiger partial charge in [-0.05, 0) is 67.0 Å². The molecule has 19 heavy (non-hydrogen) atoms. The Hall–Kier alpha value is -1.09. The van der Waals surface area contributed by atoms with Gasteiger partial charge in [-0.15, -0.1) is 0 Å². The van der Waals surface area contributed by atoms with E-state index in [4.69, 9.17) is 9.47 Å². The van der Waals surface area contributed by atoms with Crippen LogP contribution in [0, 0.1) is 5.41 Å². The van der Waals surface area contributed by atoms with Gasteiger partial charge in [-0.25, -0.2) is 0 Å². The van der Waals surface area contributed by atoms with E-state index in [0.717, 1.165) is 5.57 Å². The van der Waals surface area contributed by atoms with Crippen LogP contribution >= 0.6 is 0 Å². The minimum Gasteiger partial charge on any atom is -0.426 e. The van der Waals surface area contributed by atoms with Gasteiger partial charge in [0.1, 0.15) is 5.76 Å². The second-order valence-electron chi connectivity index (χ2n) is 5.86. The van der Waals surface area contributed by atoms with Gasteiger partial charge < -0.3 is 9.47 Å². The fourth-order valence-corrected chi connectivity index (χ4v) is 1.35. The number of esters is 1. The highest BCUT2D eigenvalue weighted by molar-refractivity contribution is 5.77. The molecule has 0 fully saturated rings. The number of hydrogen-bond donors (Lipinski definition) is 0. The summed E-state index contributed by atoms with van der Waals surface area (Å²) in [5.74, 6) is 0.383. The molecule has 0 saturated heterocycles. The summed E-state index contributed by atoms with van der Waals surface area (Å²) in [7, 11) is 0. The molecular formula is C16H28O3. The van der Waals surface area contributed by atoms with Crippen molar-refractivity contribution in [1.29, 1.82) is 0 Å². The highest BCUT2D eigenvalue weighted by Gasteiger charge is 2.29. The van der Waals surface area contributed by atoms with Crippen molar-refractivity contribution in [2.45, 2.75) is 61.0 Å². The van der Waals surface area contributed by atoms with E-state index in [9.17, 15) is 4.79 Å². The number of carbonyl (C=O) groups is 1. The van der Waals surface area contributed by atoms with Crippen molar-refractivity contribution in [3.63, 3.8) is 0 Å². The van der Waals surface area contributed by atoms with Crippen LogP contribution in [0.2, 0.25) is 0 Å². The molecular weight excluding hydrogens is 240 g/mol. The smallest absolute Gasteiger partial charge is 0.316 e. The highest BCUT2D eigenvalue weighted by atomic mass is 16.5. The van der Waals surface area contributed by atoms with Crippen LogP contribution in [0.3, 0.4) is 0 Å². The second-order valence-corrected chi connectivity index (χ2v) is 5.86. The minimum absolute atomic E-state index is 0.184. The van der Waals surface area contributed by atoms with Gasteiger partial charge in [0.05, 0.1) is 11.5 Å². The standard InChI is InChI=1S/C16H28O3/c1-8-14(11-12(2)3)19-15(17)16(6,7)9-10-18-13(4)5/h8,11,13H,9-10H2,1-7H3/b14-8+. The summed E-state index contributed by atoms with van der Waals surface area (Å²) >= 11 is 0. The SMILES string of the molecule is C/C=C(\C=C(C)C)OC(=O)C(C)(C)CCOC(C)C. The third-order valence-electron chi connectivity index (χ3n) is 2.66. The first-order valence-corrected chi connectivity index (χ1v) is 6.84. The molecule has 0 aromatic rings. The van der Waals surface area contributed by atoms with Gasteiger partial charge in [-0.3, -0.25) is 4.79 Å². The summed E-state index contributed by atoms with van der Waals surface area (Å²) in [5, 5.41) is 0. The fourth-order valence-electron chi connectivity index (χ4n) is 1.35. The summed E-state index contributed by atoms with van der Waals surface area (Å²) in [6.45, 7) is 14.1. The third-order valence-corrected chi connectivity index (χ3v) is 2.66. The first-order chi connectivity index (χ1) is 8.69. The molecule has 0 heterocycles. The molecule has 0 aliphatic carbocycles. The average Bonchev–Trinajstić information content (AvgIpc) is 2.26. The summed E-state index contributed by atoms with van der Waals surface area (Å²) in [5.41, 5.74) is 0.556. The van der Waals surface area contributed by atoms with Crippen LogP contribution in [0.1, 0.15) is 54.9 Å². The molecule has 0 atom stereocenters. The summed E-state index contributed by atoms with van der Waals surface area (Å²) in [6, 6.07) is 0. The Morgan fingerprint density at radius 3 is 2.26 bits per heavy atom. The molecule has 0 radical (unpaired) electrons. The summed E-state index contributed by atoms with van der Waals surface area (Å²) < 4.78 is 10.9. The van der Waals surface area contributed by atoms with Crippen LogP contribution in [-0.2, 0) is 14.3 Å². The van der Waals surface area contributed by atoms with Crippen molar-refractivity contribution in [3.8, 4) is 0 Å². The second kappa shape index (κ2) is 8.16. The Balaban J connectivity index is 4.50. The number of allylic oxidation sites excluding steroid dienone is 3. The van der Waals surface area contributed by atoms with Crippen LogP contribution in [-0.4, -0.2) is 18.7 Å². The molecule has 0 aliphatic heterocycles. The van der Waals surface area contributed by atoms with Crippen LogP contribution in [0.25, 0.3) is 0 Å². The maximum Gasteiger partial charge on any atom is 0.316 e. The Morgan fingerprint density at radius 2 is 1.84 bits per heavy atom. The van der Waals surface area contributed by atoms with E-state index in [2.05, 4.69) is 0 Å². The quantitative estimate of drug-likeness (QED) is 0.393. The van der Waals surface area contributed by atoms with Crippen molar-refractivity contribution in [2.75, 3.05) is 6.61 Å². The van der Waals surface area contributed by atoms with Crippen LogP contribution < -0.4 is 0 Å². The van der Waals surface area contributed by atoms with Crippen molar-refractivity contribution >= 4 is 5.97 Å². The molecule has 0 N–H and O–H groups in total. The van der Waals surface area contributed by atoms with Crippen molar-refractivity contribution in [2.24, 2.45) is 5.41 Å². The number of carbonyl (C=O) groups excluding carboxylic acids is 1. The topological polar surface area (TPSA) is 35.5 Å². The third kappa shape index (κ3) is 7.83. The molecule has 0 saturated carbocycles. The maximum atomic E-state index is 12.1. The van der Waals surface area contributed by atoms with Crippen LogP contribution in [0.5, 0.6) is 0 Å². The van der Waals surface area contributed by atoms with Gasteiger partial charge in [0.2, 0.25) is 0 Å². The van der Waals surface area contributed by atoms with Crippen molar-refractivity contribution in [1.82, 2.24) is 0 Å². The molecule has 0 amide bonds. The average molecular weight is 268 g/mol. The van der Waals surface area contributed by atoms with E-state index in [-0.39, 0.29) is 12.1 Å². The van der Waals surface area contributed by atoms with E-state index >= 15 is 0 Å². The van der Waals surface area contributed by atoms with Crippen molar-refractivity contribution < 1.29 is 14.3 Å². The van der Waals surface area contributed by atoms with E-state index in [0.29, 0.717) is 18.8 Å². The van der Waals surface area contributed by atoms with Crippen LogP contribution in [0.15, 0.2) is 23.5 Å². The molecule has 0 bridgehead atoms. The van der Waals surface area contributed by atoms with Gasteiger partial charge in [0, 0.05) is 6.61 Å². The van der Waals surface area contributed by atoms with Gasteiger partial charge in [0.25, 0.3) is 0 Å². The summed E-state index contributed by atoms with van der Waals surface area (Å²) in [4.78, 5) is 12.1. The van der Waals surface area contributed by atoms with Gasteiger partial charge in [-0.2, -0.15) is 0 Å².